The first-order valence-electron chi connectivity index (χ1n) is 41.5. The number of amides is 13. The van der Waals surface area contributed by atoms with Gasteiger partial charge < -0.3 is 89.9 Å². The molecule has 2 aliphatic heterocycles. The number of primary amides is 2. The Bertz CT molecular complexity index is 5130. The fourth-order valence-electron chi connectivity index (χ4n) is 15.0. The predicted octanol–water partition coefficient (Wildman–Crippen LogP) is 5.28. The lowest BCUT2D eigenvalue weighted by Gasteiger charge is -2.32. The number of hydrogen-bond donors (Lipinski definition) is 15. The van der Waals surface area contributed by atoms with Crippen LogP contribution in [0.3, 0.4) is 0 Å². The van der Waals surface area contributed by atoms with Crippen molar-refractivity contribution in [3.8, 4) is 0 Å². The lowest BCUT2D eigenvalue weighted by molar-refractivity contribution is -0.192. The molecule has 0 aliphatic carbocycles. The number of carboxylic acid groups (broad SMARTS) is 1. The topological polar surface area (TPSA) is 509 Å². The summed E-state index contributed by atoms with van der Waals surface area (Å²) in [6.45, 7) is 6.19. The predicted molar refractivity (Wildman–Crippen MR) is 461 cm³/mol. The number of aromatic amines is 2. The summed E-state index contributed by atoms with van der Waals surface area (Å²) in [5.74, 6) is -13.1. The van der Waals surface area contributed by atoms with Crippen molar-refractivity contribution in [3.05, 3.63) is 202 Å². The van der Waals surface area contributed by atoms with Crippen LogP contribution in [0.25, 0.3) is 21.8 Å². The summed E-state index contributed by atoms with van der Waals surface area (Å²) in [5, 5.41) is 33.7. The number of carbonyl (C=O) groups excluding carboxylic acids is 13. The van der Waals surface area contributed by atoms with Gasteiger partial charge >= 0.3 is 12.1 Å². The molecule has 8 aromatic rings. The highest BCUT2D eigenvalue weighted by Gasteiger charge is 2.44. The molecule has 2 saturated heterocycles. The fourth-order valence-corrected chi connectivity index (χ4v) is 15.5. The minimum atomic E-state index is -5.08. The van der Waals surface area contributed by atoms with Crippen LogP contribution in [0.15, 0.2) is 158 Å². The molecule has 126 heavy (non-hydrogen) atoms. The van der Waals surface area contributed by atoms with Crippen molar-refractivity contribution in [2.45, 2.75) is 203 Å². The number of rotatable bonds is 42. The Labute approximate surface area is 734 Å². The number of likely N-dealkylation sites (tertiary alicyclic amines) is 2. The number of hydrogen-bond acceptors (Lipinski definition) is 17. The molecule has 4 aromatic carbocycles. The van der Waals surface area contributed by atoms with Gasteiger partial charge in [-0.15, -0.1) is 0 Å². The van der Waals surface area contributed by atoms with Crippen molar-refractivity contribution < 1.29 is 85.4 Å². The van der Waals surface area contributed by atoms with E-state index in [9.17, 15) is 41.9 Å². The van der Waals surface area contributed by atoms with Gasteiger partial charge in [-0.2, -0.15) is 13.2 Å². The zero-order valence-electron chi connectivity index (χ0n) is 69.7. The first-order chi connectivity index (χ1) is 60.2. The Balaban J connectivity index is 0.00000246. The van der Waals surface area contributed by atoms with Gasteiger partial charge in [-0.05, 0) is 134 Å². The summed E-state index contributed by atoms with van der Waals surface area (Å²) < 4.78 is 31.7. The van der Waals surface area contributed by atoms with E-state index in [0.717, 1.165) is 10.9 Å². The van der Waals surface area contributed by atoms with E-state index in [-0.39, 0.29) is 105 Å². The molecule has 11 atom stereocenters. The van der Waals surface area contributed by atoms with Crippen LogP contribution in [-0.4, -0.2) is 210 Å². The molecular formula is C88H105Cl2F3N18O15. The number of carbonyl (C=O) groups is 14. The molecule has 0 unspecified atom stereocenters. The van der Waals surface area contributed by atoms with E-state index in [1.165, 1.54) is 34.3 Å². The van der Waals surface area contributed by atoms with Crippen LogP contribution in [-0.2, 0) is 94.4 Å². The molecule has 2 aliphatic rings. The van der Waals surface area contributed by atoms with Crippen molar-refractivity contribution in [3.63, 3.8) is 0 Å². The number of alkyl halides is 3. The summed E-state index contributed by atoms with van der Waals surface area (Å²) in [5.41, 5.74) is 22.1. The molecule has 6 heterocycles. The van der Waals surface area contributed by atoms with Gasteiger partial charge in [-0.1, -0.05) is 136 Å². The average Bonchev–Trinajstić information content (AvgIpc) is 1.62. The number of aliphatic carboxylic acids is 1. The number of para-hydroxylation sites is 2. The van der Waals surface area contributed by atoms with Gasteiger partial charge in [0.25, 0.3) is 5.91 Å². The van der Waals surface area contributed by atoms with Gasteiger partial charge in [-0.3, -0.25) is 72.3 Å². The van der Waals surface area contributed by atoms with Crippen LogP contribution in [0.5, 0.6) is 0 Å². The van der Waals surface area contributed by atoms with Crippen molar-refractivity contribution in [2.24, 2.45) is 23.1 Å². The second kappa shape index (κ2) is 46.8. The number of halogens is 5. The number of H-pyrrole nitrogens is 2. The molecule has 4 aromatic heterocycles. The van der Waals surface area contributed by atoms with Crippen molar-refractivity contribution in [2.75, 3.05) is 19.6 Å². The molecule has 13 amide bonds. The first-order valence-corrected chi connectivity index (χ1v) is 42.3. The van der Waals surface area contributed by atoms with E-state index in [0.29, 0.717) is 77.5 Å². The highest BCUT2D eigenvalue weighted by molar-refractivity contribution is 6.36. The Morgan fingerprint density at radius 2 is 1.02 bits per heavy atom. The maximum Gasteiger partial charge on any atom is 0.490 e. The van der Waals surface area contributed by atoms with Gasteiger partial charge in [0.05, 0.1) is 18.0 Å². The van der Waals surface area contributed by atoms with E-state index in [4.69, 9.17) is 50.3 Å². The van der Waals surface area contributed by atoms with E-state index < -0.39 is 162 Å². The summed E-state index contributed by atoms with van der Waals surface area (Å²) in [7, 11) is 0. The summed E-state index contributed by atoms with van der Waals surface area (Å²) in [6, 6.07) is 21.0. The van der Waals surface area contributed by atoms with Crippen LogP contribution >= 0.6 is 23.2 Å². The molecule has 18 N–H and O–H groups in total. The van der Waals surface area contributed by atoms with Crippen LogP contribution in [0.4, 0.5) is 13.2 Å². The third kappa shape index (κ3) is 28.1. The lowest BCUT2D eigenvalue weighted by Crippen LogP contribution is -2.61. The summed E-state index contributed by atoms with van der Waals surface area (Å²) in [6.07, 6.45) is 4.76. The monoisotopic (exact) mass is 1780 g/mol. The van der Waals surface area contributed by atoms with Crippen LogP contribution in [0, 0.1) is 5.92 Å². The number of carboxylic acids is 1. The van der Waals surface area contributed by atoms with Crippen LogP contribution < -0.4 is 65.1 Å². The number of unbranched alkanes of at least 4 members (excludes halogenated alkanes) is 2. The number of aromatic nitrogens is 4. The van der Waals surface area contributed by atoms with Crippen LogP contribution in [0.1, 0.15) is 136 Å². The largest absolute Gasteiger partial charge is 0.490 e. The summed E-state index contributed by atoms with van der Waals surface area (Å²) >= 11 is 13.5. The molecule has 0 bridgehead atoms. The SMILES string of the molecule is CCCC[C@H](NC(=O)[C@H](CC(C)C)NC(=O)[C@@H](Cc1c[nH]c2ccccc12)NC(=O)[C@H](Cc1ccccc1)NC(=O)[C@@H](Cc1c[nH]c2ccccc12)NC(=O)[C@H](CC(N)=O)NC(=O)[C@@H](Cc1c(Cl)cccc1Cl)NC(=O)[C@@H]1CCCN1C(=O)[C@H](Cc1ccccn1)NC(=O)[C@@H]1CCCN1C(=O)[C@H](N)CCCCNC(=O)c1cccnc1)C(N)=O.O=C(O)C(F)(F)F. The van der Waals surface area contributed by atoms with E-state index in [2.05, 4.69) is 67.8 Å². The van der Waals surface area contributed by atoms with Crippen LogP contribution in [0.2, 0.25) is 10.0 Å². The van der Waals surface area contributed by atoms with Gasteiger partial charge in [0.15, 0.2) is 0 Å². The normalized spacial score (nSPS) is 15.9. The number of nitrogens with two attached hydrogens (primary N) is 3. The molecule has 0 saturated carbocycles. The Morgan fingerprint density at radius 3 is 1.54 bits per heavy atom. The molecule has 10 rings (SSSR count). The first kappa shape index (κ1) is 97.0. The quantitative estimate of drug-likeness (QED) is 0.0216. The highest BCUT2D eigenvalue weighted by Crippen LogP contribution is 2.29. The average molecular weight is 1780 g/mol. The fraction of sp³-hybridized carbons (Fsp3) is 0.409. The third-order valence-corrected chi connectivity index (χ3v) is 22.2. The van der Waals surface area contributed by atoms with E-state index in [1.807, 2.05) is 45.0 Å². The molecule has 672 valence electrons. The molecule has 2 fully saturated rings. The maximum absolute atomic E-state index is 15.5. The second-order valence-electron chi connectivity index (χ2n) is 31.4. The lowest BCUT2D eigenvalue weighted by atomic mass is 9.99. The number of nitrogens with zero attached hydrogens (tertiary/aromatic N) is 4. The smallest absolute Gasteiger partial charge is 0.475 e. The molecule has 38 heteroatoms. The highest BCUT2D eigenvalue weighted by atomic mass is 35.5. The van der Waals surface area contributed by atoms with Gasteiger partial charge in [0, 0.05) is 120 Å². The Morgan fingerprint density at radius 1 is 0.532 bits per heavy atom. The van der Waals surface area contributed by atoms with Gasteiger partial charge in [0.1, 0.15) is 60.4 Å². The summed E-state index contributed by atoms with van der Waals surface area (Å²) in [4.78, 5) is 214. The van der Waals surface area contributed by atoms with Crippen molar-refractivity contribution in [1.82, 2.24) is 77.6 Å². The Kier molecular flexibility index (Phi) is 36.0. The molecular weight excluding hydrogens is 1680 g/mol. The van der Waals surface area contributed by atoms with E-state index in [1.54, 1.807) is 110 Å². The zero-order chi connectivity index (χ0) is 91.3. The molecule has 0 radical (unpaired) electrons. The minimum Gasteiger partial charge on any atom is -0.475 e. The zero-order valence-corrected chi connectivity index (χ0v) is 71.2. The van der Waals surface area contributed by atoms with Gasteiger partial charge in [-0.25, -0.2) is 4.79 Å². The number of pyridine rings is 2. The van der Waals surface area contributed by atoms with Gasteiger partial charge in [0.2, 0.25) is 70.9 Å². The number of benzene rings is 4. The second-order valence-corrected chi connectivity index (χ2v) is 32.2. The maximum atomic E-state index is 15.5. The van der Waals surface area contributed by atoms with E-state index >= 15 is 33.6 Å². The minimum absolute atomic E-state index is 0.0196. The molecule has 0 spiro atoms. The Hall–Kier alpha value is -12.8. The number of fused-ring (bicyclic) bond motifs is 2. The van der Waals surface area contributed by atoms with Crippen molar-refractivity contribution >= 4 is 128 Å². The van der Waals surface area contributed by atoms with Crippen molar-refractivity contribution in [1.29, 1.82) is 0 Å². The molecule has 33 nitrogen and oxygen atoms in total. The number of nitrogens with one attached hydrogen (secondary N) is 11. The third-order valence-electron chi connectivity index (χ3n) is 21.5. The standard InChI is InChI=1S/C86H104Cl2N18O13.C2HF3O2/c1-4-5-30-64(75(91)108)97-77(110)65(40-50(2)3)98-79(112)67(42-53-48-95-62-31-11-9-25-56(53)62)100-78(111)66(41-51-21-7-6-8-22-51)99-80(113)68(43-54-49-96-63-32-12-10-26-57(54)63)101-82(115)70(46-74(90)107)102-81(114)69(45-58-59(87)27-17-28-60(58)88)103-83(116)73-34-20-39-106(73)86(119)71(44-55-24-13-15-36-93-55)104-84(117)72-33-19-38-105(72)85(118)61(89)29-14-16-37-94-76(109)52-23-18-35-92-47-52;3-2(4,5)1(6)7/h6-13,15,17-18,21-28,31-32,35-36,47-50,61,64-73,95-96H,4-5,14,16,19-20,29-30,33-34,37-46,89H2,1-3H3,(H2,90,107)(H2,91,108)(H,94,109)(H,97,110)(H,98,112)(H,99,113)(H,100,111)(H,101,115)(H,102,114)(H,103,116)(H,104,117);(H,6,7)/t61-,64+,65+,66+,67-,68-,69-,70+,71+,72+,73+;/m1./s1.